The SMILES string of the molecule is COc1ccc(-n2c(SCCCC(=O)N3CCN(C(=O)c4cccc(OC)c4)C(C)C3)nnc2-c2ccccc2)cc1. The van der Waals surface area contributed by atoms with Crippen molar-refractivity contribution in [1.29, 1.82) is 0 Å². The van der Waals surface area contributed by atoms with Crippen molar-refractivity contribution in [2.45, 2.75) is 31.0 Å². The minimum absolute atomic E-state index is 0.0410. The highest BCUT2D eigenvalue weighted by Crippen LogP contribution is 2.29. The fourth-order valence-corrected chi connectivity index (χ4v) is 5.95. The first-order valence-corrected chi connectivity index (χ1v) is 15.0. The van der Waals surface area contributed by atoms with Gasteiger partial charge in [-0.2, -0.15) is 0 Å². The molecule has 4 aromatic rings. The molecule has 2 amide bonds. The van der Waals surface area contributed by atoms with Crippen LogP contribution < -0.4 is 9.47 Å². The Kier molecular flexibility index (Phi) is 9.43. The molecule has 0 N–H and O–H groups in total. The molecule has 2 heterocycles. The van der Waals surface area contributed by atoms with E-state index in [-0.39, 0.29) is 17.9 Å². The summed E-state index contributed by atoms with van der Waals surface area (Å²) >= 11 is 1.59. The number of hydrogen-bond acceptors (Lipinski definition) is 7. The lowest BCUT2D eigenvalue weighted by Crippen LogP contribution is -2.55. The summed E-state index contributed by atoms with van der Waals surface area (Å²) in [7, 11) is 3.23. The first kappa shape index (κ1) is 29.2. The third-order valence-electron chi connectivity index (χ3n) is 7.32. The molecule has 0 radical (unpaired) electrons. The monoisotopic (exact) mass is 585 g/mol. The summed E-state index contributed by atoms with van der Waals surface area (Å²) in [5, 5.41) is 9.76. The fourth-order valence-electron chi connectivity index (χ4n) is 5.05. The Bertz CT molecular complexity index is 1510. The van der Waals surface area contributed by atoms with Crippen molar-refractivity contribution in [3.8, 4) is 28.6 Å². The number of benzene rings is 3. The number of thioether (sulfide) groups is 1. The van der Waals surface area contributed by atoms with Crippen LogP contribution in [0.2, 0.25) is 0 Å². The molecule has 1 aliphatic heterocycles. The van der Waals surface area contributed by atoms with Crippen LogP contribution >= 0.6 is 11.8 Å². The zero-order chi connectivity index (χ0) is 29.5. The Morgan fingerprint density at radius 2 is 1.67 bits per heavy atom. The van der Waals surface area contributed by atoms with Crippen molar-refractivity contribution in [2.75, 3.05) is 39.6 Å². The van der Waals surface area contributed by atoms with Crippen LogP contribution in [0.4, 0.5) is 0 Å². The van der Waals surface area contributed by atoms with Crippen LogP contribution in [0.25, 0.3) is 17.1 Å². The molecule has 0 saturated carbocycles. The van der Waals surface area contributed by atoms with E-state index in [0.717, 1.165) is 33.7 Å². The van der Waals surface area contributed by atoms with Gasteiger partial charge in [0.05, 0.1) is 14.2 Å². The summed E-state index contributed by atoms with van der Waals surface area (Å²) in [5.74, 6) is 2.98. The molecule has 1 atom stereocenters. The highest BCUT2D eigenvalue weighted by molar-refractivity contribution is 7.99. The van der Waals surface area contributed by atoms with E-state index in [1.54, 1.807) is 38.1 Å². The number of piperazine rings is 1. The Balaban J connectivity index is 1.17. The Labute approximate surface area is 250 Å². The Hall–Kier alpha value is -4.31. The molecule has 10 heteroatoms. The number of carbonyl (C=O) groups is 2. The Morgan fingerprint density at radius 3 is 2.38 bits per heavy atom. The summed E-state index contributed by atoms with van der Waals surface area (Å²) in [6.07, 6.45) is 1.14. The highest BCUT2D eigenvalue weighted by atomic mass is 32.2. The van der Waals surface area contributed by atoms with Gasteiger partial charge in [-0.15, -0.1) is 10.2 Å². The van der Waals surface area contributed by atoms with E-state index >= 15 is 0 Å². The van der Waals surface area contributed by atoms with Crippen molar-refractivity contribution in [3.63, 3.8) is 0 Å². The molecule has 1 saturated heterocycles. The number of hydrogen-bond donors (Lipinski definition) is 0. The van der Waals surface area contributed by atoms with E-state index in [1.165, 1.54) is 0 Å². The molecule has 218 valence electrons. The number of nitrogens with zero attached hydrogens (tertiary/aromatic N) is 5. The van der Waals surface area contributed by atoms with E-state index in [4.69, 9.17) is 9.47 Å². The number of aromatic nitrogens is 3. The maximum absolute atomic E-state index is 13.1. The zero-order valence-corrected chi connectivity index (χ0v) is 24.9. The fraction of sp³-hybridized carbons (Fsp3) is 0.312. The molecule has 0 aliphatic carbocycles. The minimum atomic E-state index is -0.0739. The van der Waals surface area contributed by atoms with Gasteiger partial charge in [-0.25, -0.2) is 0 Å². The average Bonchev–Trinajstić information content (AvgIpc) is 3.47. The molecule has 42 heavy (non-hydrogen) atoms. The molecule has 0 spiro atoms. The lowest BCUT2D eigenvalue weighted by Gasteiger charge is -2.40. The van der Waals surface area contributed by atoms with Gasteiger partial charge in [0.2, 0.25) is 5.91 Å². The summed E-state index contributed by atoms with van der Waals surface area (Å²) in [4.78, 5) is 29.9. The molecule has 3 aromatic carbocycles. The molecule has 1 unspecified atom stereocenters. The predicted octanol–water partition coefficient (Wildman–Crippen LogP) is 5.20. The highest BCUT2D eigenvalue weighted by Gasteiger charge is 2.30. The van der Waals surface area contributed by atoms with Crippen LogP contribution in [0.1, 0.15) is 30.1 Å². The van der Waals surface area contributed by atoms with Gasteiger partial charge in [0.25, 0.3) is 5.91 Å². The minimum Gasteiger partial charge on any atom is -0.497 e. The van der Waals surface area contributed by atoms with Gasteiger partial charge >= 0.3 is 0 Å². The van der Waals surface area contributed by atoms with E-state index in [0.29, 0.717) is 43.8 Å². The number of carbonyl (C=O) groups excluding carboxylic acids is 2. The molecule has 1 aromatic heterocycles. The predicted molar refractivity (Wildman–Crippen MR) is 163 cm³/mol. The standard InChI is InChI=1S/C32H35N5O4S/c1-23-22-35(18-19-36(23)31(39)25-11-7-12-28(21-25)41-3)29(38)13-8-20-42-32-34-33-30(24-9-5-4-6-10-24)37(32)26-14-16-27(40-2)17-15-26/h4-7,9-12,14-17,21,23H,8,13,18-20,22H2,1-3H3. The van der Waals surface area contributed by atoms with Gasteiger partial charge in [-0.3, -0.25) is 14.2 Å². The molecule has 1 fully saturated rings. The number of ether oxygens (including phenoxy) is 2. The number of rotatable bonds is 10. The molecule has 9 nitrogen and oxygen atoms in total. The normalized spacial score (nSPS) is 15.0. The quantitative estimate of drug-likeness (QED) is 0.187. The van der Waals surface area contributed by atoms with Gasteiger partial charge in [0, 0.05) is 54.7 Å². The second kappa shape index (κ2) is 13.6. The second-order valence-electron chi connectivity index (χ2n) is 10.1. The van der Waals surface area contributed by atoms with Gasteiger partial charge in [-0.1, -0.05) is 48.2 Å². The molecular weight excluding hydrogens is 550 g/mol. The first-order valence-electron chi connectivity index (χ1n) is 14.0. The van der Waals surface area contributed by atoms with Gasteiger partial charge in [0.1, 0.15) is 11.5 Å². The van der Waals surface area contributed by atoms with Crippen LogP contribution in [0.15, 0.2) is 84.0 Å². The molecule has 0 bridgehead atoms. The summed E-state index contributed by atoms with van der Waals surface area (Å²) < 4.78 is 12.6. The number of methoxy groups -OCH3 is 2. The van der Waals surface area contributed by atoms with E-state index in [1.807, 2.05) is 88.0 Å². The van der Waals surface area contributed by atoms with Crippen LogP contribution in [0.5, 0.6) is 11.5 Å². The first-order chi connectivity index (χ1) is 20.5. The largest absolute Gasteiger partial charge is 0.497 e. The van der Waals surface area contributed by atoms with E-state index < -0.39 is 0 Å². The third kappa shape index (κ3) is 6.60. The summed E-state index contributed by atoms with van der Waals surface area (Å²) in [6.45, 7) is 3.54. The summed E-state index contributed by atoms with van der Waals surface area (Å²) in [5.41, 5.74) is 2.51. The lowest BCUT2D eigenvalue weighted by atomic mass is 10.1. The van der Waals surface area contributed by atoms with Crippen molar-refractivity contribution in [3.05, 3.63) is 84.4 Å². The summed E-state index contributed by atoms with van der Waals surface area (Å²) in [6, 6.07) is 24.9. The van der Waals surface area contributed by atoms with Crippen molar-refractivity contribution >= 4 is 23.6 Å². The van der Waals surface area contributed by atoms with Crippen molar-refractivity contribution < 1.29 is 19.1 Å². The van der Waals surface area contributed by atoms with Gasteiger partial charge in [0.15, 0.2) is 11.0 Å². The van der Waals surface area contributed by atoms with Crippen LogP contribution in [0.3, 0.4) is 0 Å². The van der Waals surface area contributed by atoms with E-state index in [9.17, 15) is 9.59 Å². The molecular formula is C32H35N5O4S. The Morgan fingerprint density at radius 1 is 0.905 bits per heavy atom. The zero-order valence-electron chi connectivity index (χ0n) is 24.1. The van der Waals surface area contributed by atoms with Gasteiger partial charge in [-0.05, 0) is 55.8 Å². The smallest absolute Gasteiger partial charge is 0.254 e. The molecule has 5 rings (SSSR count). The maximum Gasteiger partial charge on any atom is 0.254 e. The van der Waals surface area contributed by atoms with Crippen LogP contribution in [-0.2, 0) is 4.79 Å². The lowest BCUT2D eigenvalue weighted by molar-refractivity contribution is -0.133. The van der Waals surface area contributed by atoms with Crippen LogP contribution in [-0.4, -0.2) is 82.0 Å². The molecule has 1 aliphatic rings. The van der Waals surface area contributed by atoms with Gasteiger partial charge < -0.3 is 19.3 Å². The van der Waals surface area contributed by atoms with E-state index in [2.05, 4.69) is 10.2 Å². The number of amides is 2. The average molecular weight is 586 g/mol. The van der Waals surface area contributed by atoms with Crippen molar-refractivity contribution in [2.24, 2.45) is 0 Å². The van der Waals surface area contributed by atoms with Crippen molar-refractivity contribution in [1.82, 2.24) is 24.6 Å². The third-order valence-corrected chi connectivity index (χ3v) is 8.34. The second-order valence-corrected chi connectivity index (χ2v) is 11.1. The van der Waals surface area contributed by atoms with Crippen LogP contribution in [0, 0.1) is 0 Å². The maximum atomic E-state index is 13.1. The topological polar surface area (TPSA) is 89.8 Å².